The van der Waals surface area contributed by atoms with Gasteiger partial charge in [0.1, 0.15) is 5.75 Å². The fourth-order valence-electron chi connectivity index (χ4n) is 0.955. The van der Waals surface area contributed by atoms with E-state index in [0.29, 0.717) is 0 Å². The zero-order valence-corrected chi connectivity index (χ0v) is 6.64. The largest absolute Gasteiger partial charge is 0.508 e. The van der Waals surface area contributed by atoms with Crippen LogP contribution in [0.2, 0.25) is 0 Å². The van der Waals surface area contributed by atoms with E-state index < -0.39 is 4.92 Å². The molecule has 6 nitrogen and oxygen atoms in total. The Bertz CT molecular complexity index is 326. The average Bonchev–Trinajstić information content (AvgIpc) is 2.04. The van der Waals surface area contributed by atoms with Gasteiger partial charge in [-0.25, -0.2) is 5.90 Å². The van der Waals surface area contributed by atoms with Crippen molar-refractivity contribution in [1.29, 1.82) is 0 Å². The zero-order valence-electron chi connectivity index (χ0n) is 6.64. The Morgan fingerprint density at radius 3 is 2.85 bits per heavy atom. The van der Waals surface area contributed by atoms with E-state index in [2.05, 4.69) is 4.84 Å². The molecule has 0 spiro atoms. The van der Waals surface area contributed by atoms with Crippen molar-refractivity contribution in [2.45, 2.75) is 6.61 Å². The molecule has 13 heavy (non-hydrogen) atoms. The number of nitro groups is 1. The van der Waals surface area contributed by atoms with Crippen LogP contribution in [0.4, 0.5) is 5.69 Å². The second-order valence-corrected chi connectivity index (χ2v) is 2.38. The van der Waals surface area contributed by atoms with Crippen LogP contribution in [-0.2, 0) is 11.4 Å². The van der Waals surface area contributed by atoms with E-state index in [1.807, 2.05) is 0 Å². The van der Waals surface area contributed by atoms with Gasteiger partial charge >= 0.3 is 0 Å². The van der Waals surface area contributed by atoms with E-state index in [4.69, 9.17) is 11.0 Å². The fourth-order valence-corrected chi connectivity index (χ4v) is 0.955. The Kier molecular flexibility index (Phi) is 2.78. The van der Waals surface area contributed by atoms with Crippen LogP contribution in [0.1, 0.15) is 5.56 Å². The molecule has 0 saturated heterocycles. The molecule has 0 aliphatic carbocycles. The first-order valence-electron chi connectivity index (χ1n) is 3.43. The van der Waals surface area contributed by atoms with Gasteiger partial charge in [-0.3, -0.25) is 15.0 Å². The summed E-state index contributed by atoms with van der Waals surface area (Å²) in [5, 5.41) is 19.5. The third-order valence-corrected chi connectivity index (χ3v) is 1.50. The molecule has 3 N–H and O–H groups in total. The first-order valence-corrected chi connectivity index (χ1v) is 3.43. The summed E-state index contributed by atoms with van der Waals surface area (Å²) in [7, 11) is 0. The highest BCUT2D eigenvalue weighted by Gasteiger charge is 2.13. The number of benzene rings is 1. The van der Waals surface area contributed by atoms with Crippen LogP contribution in [-0.4, -0.2) is 10.0 Å². The highest BCUT2D eigenvalue weighted by atomic mass is 16.6. The molecule has 1 aromatic carbocycles. The van der Waals surface area contributed by atoms with Gasteiger partial charge in [0.05, 0.1) is 17.1 Å². The lowest BCUT2D eigenvalue weighted by molar-refractivity contribution is -0.386. The van der Waals surface area contributed by atoms with Gasteiger partial charge < -0.3 is 5.11 Å². The molecular weight excluding hydrogens is 176 g/mol. The van der Waals surface area contributed by atoms with Crippen molar-refractivity contribution in [1.82, 2.24) is 0 Å². The Morgan fingerprint density at radius 1 is 1.62 bits per heavy atom. The lowest BCUT2D eigenvalue weighted by Crippen LogP contribution is -2.02. The van der Waals surface area contributed by atoms with Gasteiger partial charge in [0.25, 0.3) is 5.69 Å². The second kappa shape index (κ2) is 3.83. The maximum Gasteiger partial charge on any atom is 0.275 e. The minimum absolute atomic E-state index is 0.0577. The van der Waals surface area contributed by atoms with Gasteiger partial charge in [-0.2, -0.15) is 0 Å². The Hall–Kier alpha value is -1.66. The number of phenols is 1. The normalized spacial score (nSPS) is 9.92. The van der Waals surface area contributed by atoms with Crippen LogP contribution in [0.5, 0.6) is 5.75 Å². The van der Waals surface area contributed by atoms with Crippen molar-refractivity contribution in [3.05, 3.63) is 33.9 Å². The Labute approximate surface area is 73.7 Å². The molecule has 0 aromatic heterocycles. The molecule has 0 atom stereocenters. The number of aromatic hydroxyl groups is 1. The van der Waals surface area contributed by atoms with Gasteiger partial charge in [0.15, 0.2) is 0 Å². The molecule has 6 heteroatoms. The lowest BCUT2D eigenvalue weighted by atomic mass is 10.2. The van der Waals surface area contributed by atoms with Crippen LogP contribution in [0, 0.1) is 10.1 Å². The van der Waals surface area contributed by atoms with Crippen LogP contribution in [0.15, 0.2) is 18.2 Å². The van der Waals surface area contributed by atoms with Crippen molar-refractivity contribution in [3.63, 3.8) is 0 Å². The predicted molar refractivity (Wildman–Crippen MR) is 43.7 cm³/mol. The number of hydrogen-bond acceptors (Lipinski definition) is 5. The van der Waals surface area contributed by atoms with E-state index >= 15 is 0 Å². The molecule has 0 fully saturated rings. The maximum atomic E-state index is 10.4. The number of rotatable bonds is 3. The van der Waals surface area contributed by atoms with Crippen molar-refractivity contribution < 1.29 is 14.9 Å². The van der Waals surface area contributed by atoms with E-state index in [1.165, 1.54) is 18.2 Å². The minimum Gasteiger partial charge on any atom is -0.508 e. The molecule has 0 amide bonds. The van der Waals surface area contributed by atoms with Crippen molar-refractivity contribution in [2.24, 2.45) is 5.90 Å². The van der Waals surface area contributed by atoms with Gasteiger partial charge in [0.2, 0.25) is 0 Å². The van der Waals surface area contributed by atoms with Crippen LogP contribution < -0.4 is 5.90 Å². The van der Waals surface area contributed by atoms with E-state index in [0.717, 1.165) is 0 Å². The molecule has 70 valence electrons. The molecule has 0 bridgehead atoms. The molecule has 1 aromatic rings. The third kappa shape index (κ3) is 2.14. The number of phenolic OH excluding ortho intramolecular Hbond substituents is 1. The van der Waals surface area contributed by atoms with Crippen LogP contribution >= 0.6 is 0 Å². The van der Waals surface area contributed by atoms with Gasteiger partial charge in [-0.15, -0.1) is 0 Å². The molecule has 0 heterocycles. The van der Waals surface area contributed by atoms with Crippen LogP contribution in [0.25, 0.3) is 0 Å². The van der Waals surface area contributed by atoms with Gasteiger partial charge in [-0.1, -0.05) is 0 Å². The first kappa shape index (κ1) is 9.43. The summed E-state index contributed by atoms with van der Waals surface area (Å²) in [6.45, 7) is -0.106. The maximum absolute atomic E-state index is 10.4. The number of nitro benzene ring substituents is 1. The van der Waals surface area contributed by atoms with E-state index in [9.17, 15) is 10.1 Å². The third-order valence-electron chi connectivity index (χ3n) is 1.50. The van der Waals surface area contributed by atoms with Crippen molar-refractivity contribution in [2.75, 3.05) is 0 Å². The topological polar surface area (TPSA) is 98.6 Å². The molecule has 0 saturated carbocycles. The summed E-state index contributed by atoms with van der Waals surface area (Å²) in [5.41, 5.74) is 0.121. The highest BCUT2D eigenvalue weighted by Crippen LogP contribution is 2.23. The summed E-state index contributed by atoms with van der Waals surface area (Å²) in [4.78, 5) is 14.1. The molecule has 1 rings (SSSR count). The molecule has 0 unspecified atom stereocenters. The quantitative estimate of drug-likeness (QED) is 0.531. The monoisotopic (exact) mass is 184 g/mol. The smallest absolute Gasteiger partial charge is 0.275 e. The number of nitrogens with zero attached hydrogens (tertiary/aromatic N) is 1. The standard InChI is InChI=1S/C7H8N2O4/c8-13-4-5-3-6(10)1-2-7(5)9(11)12/h1-3,10H,4,8H2. The van der Waals surface area contributed by atoms with Crippen molar-refractivity contribution >= 4 is 5.69 Å². The SMILES string of the molecule is NOCc1cc(O)ccc1[N+](=O)[O-]. The minimum atomic E-state index is -0.562. The van der Waals surface area contributed by atoms with Gasteiger partial charge in [-0.05, 0) is 12.1 Å². The zero-order chi connectivity index (χ0) is 9.84. The number of nitrogens with two attached hydrogens (primary N) is 1. The lowest BCUT2D eigenvalue weighted by Gasteiger charge is -2.01. The Morgan fingerprint density at radius 2 is 2.31 bits per heavy atom. The Balaban J connectivity index is 3.10. The van der Waals surface area contributed by atoms with Crippen molar-refractivity contribution in [3.8, 4) is 5.75 Å². The molecule has 0 radical (unpaired) electrons. The summed E-state index contributed by atoms with van der Waals surface area (Å²) < 4.78 is 0. The molecule has 0 aliphatic heterocycles. The predicted octanol–water partition coefficient (Wildman–Crippen LogP) is 0.691. The summed E-state index contributed by atoms with van der Waals surface area (Å²) >= 11 is 0. The number of hydrogen-bond donors (Lipinski definition) is 2. The first-order chi connectivity index (χ1) is 6.15. The fraction of sp³-hybridized carbons (Fsp3) is 0.143. The highest BCUT2D eigenvalue weighted by molar-refractivity contribution is 5.44. The summed E-state index contributed by atoms with van der Waals surface area (Å²) in [6.07, 6.45) is 0. The van der Waals surface area contributed by atoms with Crippen LogP contribution in [0.3, 0.4) is 0 Å². The van der Waals surface area contributed by atoms with E-state index in [1.54, 1.807) is 0 Å². The molecular formula is C7H8N2O4. The summed E-state index contributed by atoms with van der Waals surface area (Å²) in [5.74, 6) is 4.72. The second-order valence-electron chi connectivity index (χ2n) is 2.38. The molecule has 0 aliphatic rings. The van der Waals surface area contributed by atoms with Gasteiger partial charge in [0, 0.05) is 6.07 Å². The summed E-state index contributed by atoms with van der Waals surface area (Å²) in [6, 6.07) is 3.67. The average molecular weight is 184 g/mol. The van der Waals surface area contributed by atoms with E-state index in [-0.39, 0.29) is 23.6 Å².